The molecule has 0 spiro atoms. The van der Waals surface area contributed by atoms with Crippen LogP contribution in [0.1, 0.15) is 53.8 Å². The number of alkyl halides is 3. The summed E-state index contributed by atoms with van der Waals surface area (Å²) in [4.78, 5) is 21.8. The van der Waals surface area contributed by atoms with Gasteiger partial charge in [0, 0.05) is 17.1 Å². The Bertz CT molecular complexity index is 1010. The number of rotatable bonds is 4. The van der Waals surface area contributed by atoms with Gasteiger partial charge in [-0.05, 0) is 37.1 Å². The zero-order valence-corrected chi connectivity index (χ0v) is 16.9. The number of amides is 1. The summed E-state index contributed by atoms with van der Waals surface area (Å²) < 4.78 is 38.3. The summed E-state index contributed by atoms with van der Waals surface area (Å²) in [6.45, 7) is 0. The van der Waals surface area contributed by atoms with Crippen LogP contribution < -0.4 is 5.32 Å². The van der Waals surface area contributed by atoms with E-state index >= 15 is 0 Å². The molecule has 0 radical (unpaired) electrons. The van der Waals surface area contributed by atoms with Crippen molar-refractivity contribution >= 4 is 17.2 Å². The van der Waals surface area contributed by atoms with Crippen LogP contribution in [0.5, 0.6) is 0 Å². The molecule has 3 aromatic rings. The molecule has 1 aliphatic carbocycles. The smallest absolute Gasteiger partial charge is 0.340 e. The van der Waals surface area contributed by atoms with E-state index in [0.29, 0.717) is 10.6 Å². The molecule has 2 aromatic heterocycles. The molecule has 4 rings (SSSR count). The fourth-order valence-corrected chi connectivity index (χ4v) is 4.65. The molecule has 0 bridgehead atoms. The number of nitrogens with one attached hydrogen (secondary N) is 1. The lowest BCUT2D eigenvalue weighted by Gasteiger charge is -2.37. The Labute approximate surface area is 176 Å². The van der Waals surface area contributed by atoms with E-state index in [1.54, 1.807) is 11.6 Å². The van der Waals surface area contributed by atoms with Crippen LogP contribution >= 0.6 is 11.3 Å². The highest BCUT2D eigenvalue weighted by atomic mass is 32.1. The van der Waals surface area contributed by atoms with E-state index in [1.807, 2.05) is 18.2 Å². The van der Waals surface area contributed by atoms with Gasteiger partial charge in [-0.25, -0.2) is 4.98 Å². The summed E-state index contributed by atoms with van der Waals surface area (Å²) in [5.41, 5.74) is 0.418. The molecule has 8 heteroatoms. The molecule has 30 heavy (non-hydrogen) atoms. The number of carbonyl (C=O) groups is 1. The van der Waals surface area contributed by atoms with Gasteiger partial charge < -0.3 is 5.32 Å². The number of benzene rings is 1. The Morgan fingerprint density at radius 3 is 2.40 bits per heavy atom. The normalized spacial score (nSPS) is 16.2. The summed E-state index contributed by atoms with van der Waals surface area (Å²) in [6.07, 6.45) is 2.10. The van der Waals surface area contributed by atoms with Gasteiger partial charge >= 0.3 is 6.18 Å². The quantitative estimate of drug-likeness (QED) is 0.567. The number of aromatic nitrogens is 2. The van der Waals surface area contributed by atoms with Crippen LogP contribution in [0.3, 0.4) is 0 Å². The van der Waals surface area contributed by atoms with Gasteiger partial charge in [-0.2, -0.15) is 13.2 Å². The SMILES string of the molecule is O=C(NC1(c2ccccn2)CCCCC1)c1csc(-c2ccc(C(F)(F)F)cc2)n1. The predicted octanol–water partition coefficient (Wildman–Crippen LogP) is 5.81. The van der Waals surface area contributed by atoms with Crippen LogP contribution in [0.25, 0.3) is 10.6 Å². The van der Waals surface area contributed by atoms with Crippen LogP contribution in [-0.2, 0) is 11.7 Å². The van der Waals surface area contributed by atoms with E-state index in [0.717, 1.165) is 49.9 Å². The molecule has 0 atom stereocenters. The third-order valence-electron chi connectivity index (χ3n) is 5.41. The van der Waals surface area contributed by atoms with Crippen molar-refractivity contribution in [3.05, 3.63) is 71.0 Å². The van der Waals surface area contributed by atoms with Crippen molar-refractivity contribution in [2.75, 3.05) is 0 Å². The molecule has 0 unspecified atom stereocenters. The van der Waals surface area contributed by atoms with Crippen molar-refractivity contribution in [2.24, 2.45) is 0 Å². The number of halogens is 3. The molecule has 156 valence electrons. The Balaban J connectivity index is 1.55. The van der Waals surface area contributed by atoms with Gasteiger partial charge in [-0.3, -0.25) is 9.78 Å². The Morgan fingerprint density at radius 1 is 1.03 bits per heavy atom. The summed E-state index contributed by atoms with van der Waals surface area (Å²) >= 11 is 1.23. The monoisotopic (exact) mass is 431 g/mol. The number of hydrogen-bond acceptors (Lipinski definition) is 4. The van der Waals surface area contributed by atoms with Crippen molar-refractivity contribution in [1.82, 2.24) is 15.3 Å². The highest BCUT2D eigenvalue weighted by Crippen LogP contribution is 2.37. The highest BCUT2D eigenvalue weighted by Gasteiger charge is 2.37. The number of hydrogen-bond donors (Lipinski definition) is 1. The minimum absolute atomic E-state index is 0.260. The highest BCUT2D eigenvalue weighted by molar-refractivity contribution is 7.13. The maximum Gasteiger partial charge on any atom is 0.416 e. The second-order valence-corrected chi connectivity index (χ2v) is 8.28. The Kier molecular flexibility index (Phi) is 5.60. The number of thiazole rings is 1. The van der Waals surface area contributed by atoms with Crippen LogP contribution in [0.2, 0.25) is 0 Å². The van der Waals surface area contributed by atoms with E-state index in [9.17, 15) is 18.0 Å². The topological polar surface area (TPSA) is 54.9 Å². The molecule has 1 aromatic carbocycles. The largest absolute Gasteiger partial charge is 0.416 e. The molecule has 1 saturated carbocycles. The summed E-state index contributed by atoms with van der Waals surface area (Å²) in [5, 5.41) is 5.29. The molecule has 1 amide bonds. The average molecular weight is 431 g/mol. The first kappa shape index (κ1) is 20.5. The van der Waals surface area contributed by atoms with Crippen LogP contribution in [0.15, 0.2) is 54.0 Å². The summed E-state index contributed by atoms with van der Waals surface area (Å²) in [5.74, 6) is -0.294. The fraction of sp³-hybridized carbons (Fsp3) is 0.318. The van der Waals surface area contributed by atoms with Crippen molar-refractivity contribution in [1.29, 1.82) is 0 Å². The minimum Gasteiger partial charge on any atom is -0.340 e. The third kappa shape index (κ3) is 4.23. The zero-order valence-electron chi connectivity index (χ0n) is 16.1. The first-order valence-electron chi connectivity index (χ1n) is 9.75. The first-order valence-corrected chi connectivity index (χ1v) is 10.6. The van der Waals surface area contributed by atoms with E-state index in [1.165, 1.54) is 23.5 Å². The molecule has 1 aliphatic rings. The van der Waals surface area contributed by atoms with Gasteiger partial charge in [0.15, 0.2) is 0 Å². The van der Waals surface area contributed by atoms with Crippen LogP contribution in [-0.4, -0.2) is 15.9 Å². The second kappa shape index (κ2) is 8.18. The van der Waals surface area contributed by atoms with E-state index in [4.69, 9.17) is 0 Å². The fourth-order valence-electron chi connectivity index (χ4n) is 3.84. The number of carbonyl (C=O) groups excluding carboxylic acids is 1. The Hall–Kier alpha value is -2.74. The van der Waals surface area contributed by atoms with Crippen LogP contribution in [0, 0.1) is 0 Å². The third-order valence-corrected chi connectivity index (χ3v) is 6.30. The molecule has 1 N–H and O–H groups in total. The van der Waals surface area contributed by atoms with E-state index in [-0.39, 0.29) is 11.6 Å². The summed E-state index contributed by atoms with van der Waals surface area (Å²) in [7, 11) is 0. The van der Waals surface area contributed by atoms with Gasteiger partial charge in [0.2, 0.25) is 0 Å². The predicted molar refractivity (Wildman–Crippen MR) is 109 cm³/mol. The lowest BCUT2D eigenvalue weighted by Crippen LogP contribution is -2.47. The molecular formula is C22H20F3N3OS. The van der Waals surface area contributed by atoms with Gasteiger partial charge in [-0.15, -0.1) is 11.3 Å². The maximum atomic E-state index is 13.0. The molecule has 4 nitrogen and oxygen atoms in total. The van der Waals surface area contributed by atoms with Gasteiger partial charge in [0.25, 0.3) is 5.91 Å². The van der Waals surface area contributed by atoms with Crippen molar-refractivity contribution in [2.45, 2.75) is 43.8 Å². The van der Waals surface area contributed by atoms with Gasteiger partial charge in [0.1, 0.15) is 10.7 Å². The van der Waals surface area contributed by atoms with Crippen molar-refractivity contribution < 1.29 is 18.0 Å². The second-order valence-electron chi connectivity index (χ2n) is 7.42. The van der Waals surface area contributed by atoms with Crippen molar-refractivity contribution in [3.63, 3.8) is 0 Å². The van der Waals surface area contributed by atoms with Gasteiger partial charge in [0.05, 0.1) is 16.8 Å². The molecule has 0 aliphatic heterocycles. The maximum absolute atomic E-state index is 13.0. The van der Waals surface area contributed by atoms with Gasteiger partial charge in [-0.1, -0.05) is 37.5 Å². The average Bonchev–Trinajstić information content (AvgIpc) is 3.25. The number of nitrogens with zero attached hydrogens (tertiary/aromatic N) is 2. The van der Waals surface area contributed by atoms with E-state index in [2.05, 4.69) is 15.3 Å². The summed E-state index contributed by atoms with van der Waals surface area (Å²) in [6, 6.07) is 10.5. The number of pyridine rings is 1. The molecule has 1 fully saturated rings. The van der Waals surface area contributed by atoms with E-state index < -0.39 is 17.3 Å². The standard InChI is InChI=1S/C22H20F3N3OS/c23-22(24,25)16-9-7-15(8-10-16)20-27-17(14-30-20)19(29)28-21(11-3-1-4-12-21)18-6-2-5-13-26-18/h2,5-10,13-14H,1,3-4,11-12H2,(H,28,29). The van der Waals surface area contributed by atoms with Crippen LogP contribution in [0.4, 0.5) is 13.2 Å². The Morgan fingerprint density at radius 2 is 1.77 bits per heavy atom. The van der Waals surface area contributed by atoms with Crippen molar-refractivity contribution in [3.8, 4) is 10.6 Å². The molecule has 0 saturated heterocycles. The first-order chi connectivity index (χ1) is 14.4. The lowest BCUT2D eigenvalue weighted by molar-refractivity contribution is -0.137. The minimum atomic E-state index is -4.38. The molecular weight excluding hydrogens is 411 g/mol. The zero-order chi connectivity index (χ0) is 21.2. The molecule has 2 heterocycles. The lowest BCUT2D eigenvalue weighted by atomic mass is 9.79.